The third-order valence-electron chi connectivity index (χ3n) is 2.83. The molecule has 102 valence electrons. The van der Waals surface area contributed by atoms with E-state index in [1.807, 2.05) is 24.6 Å². The molecule has 0 spiro atoms. The van der Waals surface area contributed by atoms with Crippen molar-refractivity contribution in [1.82, 2.24) is 9.78 Å². The van der Waals surface area contributed by atoms with Gasteiger partial charge < -0.3 is 5.32 Å². The molecule has 0 saturated carbocycles. The van der Waals surface area contributed by atoms with Crippen molar-refractivity contribution in [2.24, 2.45) is 0 Å². The summed E-state index contributed by atoms with van der Waals surface area (Å²) in [5.41, 5.74) is 2.61. The van der Waals surface area contributed by atoms with Crippen molar-refractivity contribution in [1.29, 1.82) is 0 Å². The van der Waals surface area contributed by atoms with Crippen molar-refractivity contribution in [2.75, 3.05) is 5.32 Å². The number of halogens is 3. The van der Waals surface area contributed by atoms with E-state index in [0.29, 0.717) is 21.6 Å². The molecular weight excluding hydrogens is 305 g/mol. The largest absolute Gasteiger partial charge is 0.378 e. The molecule has 0 amide bonds. The summed E-state index contributed by atoms with van der Waals surface area (Å²) < 4.78 is 1.88. The van der Waals surface area contributed by atoms with Gasteiger partial charge in [0.15, 0.2) is 0 Å². The highest BCUT2D eigenvalue weighted by Crippen LogP contribution is 2.27. The van der Waals surface area contributed by atoms with Crippen molar-refractivity contribution in [3.63, 3.8) is 0 Å². The van der Waals surface area contributed by atoms with Gasteiger partial charge in [-0.25, -0.2) is 0 Å². The van der Waals surface area contributed by atoms with Crippen LogP contribution in [0.25, 0.3) is 0 Å². The molecule has 0 saturated heterocycles. The van der Waals surface area contributed by atoms with Crippen LogP contribution in [-0.2, 0) is 13.1 Å². The Morgan fingerprint density at radius 3 is 2.63 bits per heavy atom. The molecule has 0 aliphatic rings. The molecule has 0 radical (unpaired) electrons. The Balaban J connectivity index is 2.18. The zero-order valence-corrected chi connectivity index (χ0v) is 12.9. The van der Waals surface area contributed by atoms with Gasteiger partial charge in [0.05, 0.1) is 33.7 Å². The molecule has 6 heteroatoms. The first-order valence-corrected chi connectivity index (χ1v) is 7.07. The standard InChI is InChI=1S/C13H14Cl3N3/c1-3-19-12(13(16)8(2)18-19)7-17-11-5-4-9(14)6-10(11)15/h4-6,17H,3,7H2,1-2H3. The maximum atomic E-state index is 6.25. The van der Waals surface area contributed by atoms with E-state index in [-0.39, 0.29) is 0 Å². The Bertz CT molecular complexity index is 593. The molecule has 0 aliphatic carbocycles. The highest BCUT2D eigenvalue weighted by Gasteiger charge is 2.12. The summed E-state index contributed by atoms with van der Waals surface area (Å²) in [5.74, 6) is 0. The first-order valence-electron chi connectivity index (χ1n) is 5.93. The average Bonchev–Trinajstić information content (AvgIpc) is 2.65. The summed E-state index contributed by atoms with van der Waals surface area (Å²) in [5, 5.41) is 9.51. The van der Waals surface area contributed by atoms with Crippen molar-refractivity contribution in [3.8, 4) is 0 Å². The van der Waals surface area contributed by atoms with Gasteiger partial charge in [0.25, 0.3) is 0 Å². The molecule has 0 unspecified atom stereocenters. The van der Waals surface area contributed by atoms with Crippen molar-refractivity contribution >= 4 is 40.5 Å². The Hall–Kier alpha value is -0.900. The Morgan fingerprint density at radius 2 is 2.00 bits per heavy atom. The maximum Gasteiger partial charge on any atom is 0.0865 e. The highest BCUT2D eigenvalue weighted by atomic mass is 35.5. The molecule has 2 aromatic rings. The molecule has 2 rings (SSSR count). The van der Waals surface area contributed by atoms with Crippen LogP contribution in [0.1, 0.15) is 18.3 Å². The van der Waals surface area contributed by atoms with E-state index >= 15 is 0 Å². The molecule has 0 bridgehead atoms. The number of hydrogen-bond donors (Lipinski definition) is 1. The summed E-state index contributed by atoms with van der Waals surface area (Å²) in [7, 11) is 0. The SMILES string of the molecule is CCn1nc(C)c(Cl)c1CNc1ccc(Cl)cc1Cl. The molecule has 0 fully saturated rings. The van der Waals surface area contributed by atoms with Gasteiger partial charge in [0, 0.05) is 11.6 Å². The predicted octanol–water partition coefficient (Wildman–Crippen LogP) is 4.78. The summed E-state index contributed by atoms with van der Waals surface area (Å²) >= 11 is 18.2. The number of aryl methyl sites for hydroxylation is 2. The lowest BCUT2D eigenvalue weighted by Crippen LogP contribution is -2.08. The maximum absolute atomic E-state index is 6.25. The third kappa shape index (κ3) is 3.16. The monoisotopic (exact) mass is 317 g/mol. The fourth-order valence-corrected chi connectivity index (χ4v) is 2.53. The molecular formula is C13H14Cl3N3. The summed E-state index contributed by atoms with van der Waals surface area (Å²) in [6.07, 6.45) is 0. The lowest BCUT2D eigenvalue weighted by Gasteiger charge is -2.10. The number of aromatic nitrogens is 2. The van der Waals surface area contributed by atoms with Crippen molar-refractivity contribution < 1.29 is 0 Å². The van der Waals surface area contributed by atoms with Crippen LogP contribution in [0.15, 0.2) is 18.2 Å². The van der Waals surface area contributed by atoms with Crippen LogP contribution in [0.4, 0.5) is 5.69 Å². The fraction of sp³-hybridized carbons (Fsp3) is 0.308. The van der Waals surface area contributed by atoms with Crippen LogP contribution in [0.2, 0.25) is 15.1 Å². The topological polar surface area (TPSA) is 29.9 Å². The van der Waals surface area contributed by atoms with Crippen molar-refractivity contribution in [3.05, 3.63) is 44.7 Å². The second-order valence-corrected chi connectivity index (χ2v) is 5.36. The quantitative estimate of drug-likeness (QED) is 0.879. The molecule has 1 heterocycles. The van der Waals surface area contributed by atoms with Crippen LogP contribution in [-0.4, -0.2) is 9.78 Å². The van der Waals surface area contributed by atoms with E-state index < -0.39 is 0 Å². The van der Waals surface area contributed by atoms with Crippen molar-refractivity contribution in [2.45, 2.75) is 26.9 Å². The summed E-state index contributed by atoms with van der Waals surface area (Å²) in [6.45, 7) is 5.27. The van der Waals surface area contributed by atoms with Gasteiger partial charge in [-0.2, -0.15) is 5.10 Å². The van der Waals surface area contributed by atoms with Crippen LogP contribution in [0.3, 0.4) is 0 Å². The molecule has 1 aromatic carbocycles. The average molecular weight is 319 g/mol. The third-order valence-corrected chi connectivity index (χ3v) is 3.87. The van der Waals surface area contributed by atoms with E-state index in [9.17, 15) is 0 Å². The van der Waals surface area contributed by atoms with Gasteiger partial charge >= 0.3 is 0 Å². The van der Waals surface area contributed by atoms with Crippen LogP contribution < -0.4 is 5.32 Å². The van der Waals surface area contributed by atoms with Gasteiger partial charge in [-0.3, -0.25) is 4.68 Å². The lowest BCUT2D eigenvalue weighted by molar-refractivity contribution is 0.623. The Kier molecular flexibility index (Phi) is 4.61. The smallest absolute Gasteiger partial charge is 0.0865 e. The molecule has 0 atom stereocenters. The van der Waals surface area contributed by atoms with Gasteiger partial charge in [0.2, 0.25) is 0 Å². The van der Waals surface area contributed by atoms with E-state index in [0.717, 1.165) is 23.6 Å². The number of anilines is 1. The minimum absolute atomic E-state index is 0.564. The molecule has 3 nitrogen and oxygen atoms in total. The number of rotatable bonds is 4. The van der Waals surface area contributed by atoms with E-state index in [4.69, 9.17) is 34.8 Å². The van der Waals surface area contributed by atoms with Crippen LogP contribution >= 0.6 is 34.8 Å². The van der Waals surface area contributed by atoms with Crippen LogP contribution in [0, 0.1) is 6.92 Å². The molecule has 19 heavy (non-hydrogen) atoms. The predicted molar refractivity (Wildman–Crippen MR) is 81.4 cm³/mol. The van der Waals surface area contributed by atoms with Gasteiger partial charge in [-0.15, -0.1) is 0 Å². The van der Waals surface area contributed by atoms with E-state index in [1.54, 1.807) is 12.1 Å². The number of nitrogens with zero attached hydrogens (tertiary/aromatic N) is 2. The number of benzene rings is 1. The number of hydrogen-bond acceptors (Lipinski definition) is 2. The first kappa shape index (κ1) is 14.5. The summed E-state index contributed by atoms with van der Waals surface area (Å²) in [6, 6.07) is 5.34. The number of nitrogens with one attached hydrogen (secondary N) is 1. The second kappa shape index (κ2) is 6.04. The molecule has 0 aliphatic heterocycles. The first-order chi connectivity index (χ1) is 9.02. The lowest BCUT2D eigenvalue weighted by atomic mass is 10.3. The van der Waals surface area contributed by atoms with Gasteiger partial charge in [-0.1, -0.05) is 34.8 Å². The van der Waals surface area contributed by atoms with Crippen LogP contribution in [0.5, 0.6) is 0 Å². The fourth-order valence-electron chi connectivity index (χ4n) is 1.85. The van der Waals surface area contributed by atoms with E-state index in [1.165, 1.54) is 0 Å². The molecule has 1 aromatic heterocycles. The zero-order chi connectivity index (χ0) is 14.0. The normalized spacial score (nSPS) is 10.8. The summed E-state index contributed by atoms with van der Waals surface area (Å²) in [4.78, 5) is 0. The Labute approximate surface area is 127 Å². The Morgan fingerprint density at radius 1 is 1.26 bits per heavy atom. The van der Waals surface area contributed by atoms with Gasteiger partial charge in [0.1, 0.15) is 0 Å². The second-order valence-electron chi connectivity index (χ2n) is 4.14. The molecule has 1 N–H and O–H groups in total. The highest BCUT2D eigenvalue weighted by molar-refractivity contribution is 6.36. The zero-order valence-electron chi connectivity index (χ0n) is 10.7. The van der Waals surface area contributed by atoms with Gasteiger partial charge in [-0.05, 0) is 32.0 Å². The minimum Gasteiger partial charge on any atom is -0.378 e. The van der Waals surface area contributed by atoms with E-state index in [2.05, 4.69) is 10.4 Å². The minimum atomic E-state index is 0.564.